The maximum atomic E-state index is 8.28. The van der Waals surface area contributed by atoms with E-state index in [-0.39, 0.29) is 0 Å². The van der Waals surface area contributed by atoms with Crippen LogP contribution in [0.4, 0.5) is 0 Å². The quantitative estimate of drug-likeness (QED) is 0.440. The van der Waals surface area contributed by atoms with E-state index in [9.17, 15) is 0 Å². The third kappa shape index (κ3) is 5.37. The van der Waals surface area contributed by atoms with Crippen LogP contribution in [0.15, 0.2) is 12.3 Å². The normalized spacial score (nSPS) is 9.11. The SMILES string of the molecule is C=C(CCCCC)NO. The number of unbranched alkanes of at least 4 members (excludes halogenated alkanes) is 2. The molecule has 0 saturated carbocycles. The molecular formula is C7H15NO. The third-order valence-electron chi connectivity index (χ3n) is 1.24. The van der Waals surface area contributed by atoms with Gasteiger partial charge in [0, 0.05) is 5.70 Å². The molecule has 0 rings (SSSR count). The lowest BCUT2D eigenvalue weighted by atomic mass is 10.2. The first-order valence-corrected chi connectivity index (χ1v) is 3.39. The van der Waals surface area contributed by atoms with Crippen molar-refractivity contribution in [1.29, 1.82) is 0 Å². The van der Waals surface area contributed by atoms with Crippen LogP contribution >= 0.6 is 0 Å². The molecule has 2 N–H and O–H groups in total. The lowest BCUT2D eigenvalue weighted by molar-refractivity contribution is 0.196. The standard InChI is InChI=1S/C7H15NO/c1-3-4-5-6-7(2)8-9/h8-9H,2-6H2,1H3. The highest BCUT2D eigenvalue weighted by molar-refractivity contribution is 4.86. The van der Waals surface area contributed by atoms with Gasteiger partial charge in [-0.2, -0.15) is 0 Å². The summed E-state index contributed by atoms with van der Waals surface area (Å²) in [7, 11) is 0. The molecule has 54 valence electrons. The molecule has 0 bridgehead atoms. The van der Waals surface area contributed by atoms with Crippen molar-refractivity contribution in [2.75, 3.05) is 0 Å². The summed E-state index contributed by atoms with van der Waals surface area (Å²) < 4.78 is 0. The summed E-state index contributed by atoms with van der Waals surface area (Å²) in [6.07, 6.45) is 4.41. The van der Waals surface area contributed by atoms with Gasteiger partial charge in [0.1, 0.15) is 0 Å². The van der Waals surface area contributed by atoms with Crippen LogP contribution in [0.25, 0.3) is 0 Å². The molecule has 0 aromatic rings. The van der Waals surface area contributed by atoms with Crippen molar-refractivity contribution < 1.29 is 5.21 Å². The fourth-order valence-electron chi connectivity index (χ4n) is 0.644. The van der Waals surface area contributed by atoms with Crippen LogP contribution in [-0.2, 0) is 0 Å². The minimum atomic E-state index is 0.712. The Kier molecular flexibility index (Phi) is 5.32. The molecule has 0 heterocycles. The summed E-state index contributed by atoms with van der Waals surface area (Å²) in [6, 6.07) is 0. The number of hydrogen-bond acceptors (Lipinski definition) is 2. The van der Waals surface area contributed by atoms with Gasteiger partial charge < -0.3 is 0 Å². The van der Waals surface area contributed by atoms with Crippen molar-refractivity contribution in [3.8, 4) is 0 Å². The predicted octanol–water partition coefficient (Wildman–Crippen LogP) is 2.06. The van der Waals surface area contributed by atoms with Crippen molar-refractivity contribution in [1.82, 2.24) is 5.48 Å². The van der Waals surface area contributed by atoms with Crippen LogP contribution in [0.2, 0.25) is 0 Å². The Morgan fingerprint density at radius 3 is 2.67 bits per heavy atom. The van der Waals surface area contributed by atoms with Gasteiger partial charge in [0.05, 0.1) is 0 Å². The molecular weight excluding hydrogens is 114 g/mol. The number of hydroxylamine groups is 1. The Balaban J connectivity index is 2.97. The topological polar surface area (TPSA) is 32.3 Å². The van der Waals surface area contributed by atoms with E-state index in [0.717, 1.165) is 12.8 Å². The lowest BCUT2D eigenvalue weighted by Crippen LogP contribution is -2.04. The Morgan fingerprint density at radius 2 is 2.22 bits per heavy atom. The molecule has 9 heavy (non-hydrogen) atoms. The summed E-state index contributed by atoms with van der Waals surface area (Å²) in [5.74, 6) is 0. The maximum Gasteiger partial charge on any atom is 0.0304 e. The minimum absolute atomic E-state index is 0.712. The molecule has 0 aliphatic heterocycles. The van der Waals surface area contributed by atoms with Crippen LogP contribution in [0.5, 0.6) is 0 Å². The summed E-state index contributed by atoms with van der Waals surface area (Å²) in [5, 5.41) is 8.28. The Hall–Kier alpha value is -0.500. The Labute approximate surface area is 56.5 Å². The molecule has 2 nitrogen and oxygen atoms in total. The second-order valence-corrected chi connectivity index (χ2v) is 2.17. The van der Waals surface area contributed by atoms with Gasteiger partial charge in [0.15, 0.2) is 0 Å². The molecule has 0 aromatic carbocycles. The summed E-state index contributed by atoms with van der Waals surface area (Å²) in [4.78, 5) is 0. The van der Waals surface area contributed by atoms with Gasteiger partial charge in [-0.1, -0.05) is 26.3 Å². The summed E-state index contributed by atoms with van der Waals surface area (Å²) in [6.45, 7) is 5.73. The van der Waals surface area contributed by atoms with Crippen LogP contribution in [0.1, 0.15) is 32.6 Å². The summed E-state index contributed by atoms with van der Waals surface area (Å²) in [5.41, 5.74) is 2.74. The summed E-state index contributed by atoms with van der Waals surface area (Å²) >= 11 is 0. The van der Waals surface area contributed by atoms with E-state index in [1.807, 2.05) is 5.48 Å². The lowest BCUT2D eigenvalue weighted by Gasteiger charge is -2.00. The van der Waals surface area contributed by atoms with Crippen molar-refractivity contribution in [2.45, 2.75) is 32.6 Å². The van der Waals surface area contributed by atoms with Gasteiger partial charge in [-0.05, 0) is 12.8 Å². The number of hydrogen-bond donors (Lipinski definition) is 2. The largest absolute Gasteiger partial charge is 0.291 e. The fraction of sp³-hybridized carbons (Fsp3) is 0.714. The van der Waals surface area contributed by atoms with Crippen LogP contribution in [0.3, 0.4) is 0 Å². The first-order valence-electron chi connectivity index (χ1n) is 3.39. The van der Waals surface area contributed by atoms with Gasteiger partial charge in [0.25, 0.3) is 0 Å². The smallest absolute Gasteiger partial charge is 0.0304 e. The zero-order chi connectivity index (χ0) is 7.11. The second kappa shape index (κ2) is 5.63. The van der Waals surface area contributed by atoms with Gasteiger partial charge in [-0.25, -0.2) is 0 Å². The molecule has 0 atom stereocenters. The average Bonchev–Trinajstić information content (AvgIpc) is 1.89. The minimum Gasteiger partial charge on any atom is -0.291 e. The van der Waals surface area contributed by atoms with Crippen LogP contribution in [-0.4, -0.2) is 5.21 Å². The van der Waals surface area contributed by atoms with Gasteiger partial charge in [0.2, 0.25) is 0 Å². The van der Waals surface area contributed by atoms with Crippen LogP contribution in [0, 0.1) is 0 Å². The first kappa shape index (κ1) is 8.50. The van der Waals surface area contributed by atoms with E-state index >= 15 is 0 Å². The highest BCUT2D eigenvalue weighted by Gasteiger charge is 1.88. The molecule has 0 aromatic heterocycles. The average molecular weight is 129 g/mol. The number of nitrogens with one attached hydrogen (secondary N) is 1. The van der Waals surface area contributed by atoms with Crippen LogP contribution < -0.4 is 5.48 Å². The Bertz CT molecular complexity index is 81.0. The van der Waals surface area contributed by atoms with E-state index in [1.54, 1.807) is 0 Å². The van der Waals surface area contributed by atoms with Crippen molar-refractivity contribution >= 4 is 0 Å². The molecule has 0 unspecified atom stereocenters. The van der Waals surface area contributed by atoms with Crippen molar-refractivity contribution in [2.24, 2.45) is 0 Å². The van der Waals surface area contributed by atoms with Gasteiger partial charge >= 0.3 is 0 Å². The molecule has 0 aliphatic carbocycles. The van der Waals surface area contributed by atoms with Crippen molar-refractivity contribution in [3.63, 3.8) is 0 Å². The molecule has 0 aliphatic rings. The highest BCUT2D eigenvalue weighted by Crippen LogP contribution is 2.02. The van der Waals surface area contributed by atoms with Gasteiger partial charge in [-0.15, -0.1) is 0 Å². The zero-order valence-corrected chi connectivity index (χ0v) is 5.98. The zero-order valence-electron chi connectivity index (χ0n) is 5.98. The Morgan fingerprint density at radius 1 is 1.56 bits per heavy atom. The molecule has 0 radical (unpaired) electrons. The fourth-order valence-corrected chi connectivity index (χ4v) is 0.644. The monoisotopic (exact) mass is 129 g/mol. The van der Waals surface area contributed by atoms with E-state index in [4.69, 9.17) is 5.21 Å². The highest BCUT2D eigenvalue weighted by atomic mass is 16.5. The third-order valence-corrected chi connectivity index (χ3v) is 1.24. The molecule has 2 heteroatoms. The van der Waals surface area contributed by atoms with Crippen molar-refractivity contribution in [3.05, 3.63) is 12.3 Å². The van der Waals surface area contributed by atoms with E-state index in [2.05, 4.69) is 13.5 Å². The molecule has 0 saturated heterocycles. The van der Waals surface area contributed by atoms with E-state index in [1.165, 1.54) is 12.8 Å². The van der Waals surface area contributed by atoms with Gasteiger partial charge in [-0.3, -0.25) is 10.7 Å². The molecule has 0 fully saturated rings. The predicted molar refractivity (Wildman–Crippen MR) is 38.2 cm³/mol. The number of rotatable bonds is 5. The molecule has 0 spiro atoms. The first-order chi connectivity index (χ1) is 4.31. The maximum absolute atomic E-state index is 8.28. The van der Waals surface area contributed by atoms with E-state index in [0.29, 0.717) is 5.70 Å². The second-order valence-electron chi connectivity index (χ2n) is 2.17. The number of allylic oxidation sites excluding steroid dienone is 1. The molecule has 0 amide bonds. The van der Waals surface area contributed by atoms with E-state index < -0.39 is 0 Å².